The number of rotatable bonds is 7. The van der Waals surface area contributed by atoms with Crippen LogP contribution in [-0.2, 0) is 20.4 Å². The SMILES string of the molecule is CC(C)C[C@H](N)C(=O)Nc1cccc(CS(=O)(=O)c2ccccc2)c1. The lowest BCUT2D eigenvalue weighted by Crippen LogP contribution is -2.36. The number of carbonyl (C=O) groups excluding carboxylic acids is 1. The van der Waals surface area contributed by atoms with Crippen LogP contribution in [0.2, 0.25) is 0 Å². The third kappa shape index (κ3) is 5.69. The zero-order chi connectivity index (χ0) is 18.4. The lowest BCUT2D eigenvalue weighted by Gasteiger charge is -2.14. The zero-order valence-electron chi connectivity index (χ0n) is 14.5. The predicted octanol–water partition coefficient (Wildman–Crippen LogP) is 2.97. The fourth-order valence-corrected chi connectivity index (χ4v) is 3.88. The van der Waals surface area contributed by atoms with Crippen molar-refractivity contribution in [1.82, 2.24) is 0 Å². The topological polar surface area (TPSA) is 89.3 Å². The number of amides is 1. The second-order valence-electron chi connectivity index (χ2n) is 6.50. The van der Waals surface area contributed by atoms with Gasteiger partial charge in [0.15, 0.2) is 9.84 Å². The molecular weight excluding hydrogens is 336 g/mol. The molecule has 3 N–H and O–H groups in total. The first-order chi connectivity index (χ1) is 11.8. The molecule has 0 bridgehead atoms. The summed E-state index contributed by atoms with van der Waals surface area (Å²) >= 11 is 0. The van der Waals surface area contributed by atoms with Gasteiger partial charge in [-0.1, -0.05) is 44.2 Å². The highest BCUT2D eigenvalue weighted by atomic mass is 32.2. The summed E-state index contributed by atoms with van der Waals surface area (Å²) in [4.78, 5) is 12.4. The molecule has 2 aromatic carbocycles. The van der Waals surface area contributed by atoms with Crippen LogP contribution in [0.15, 0.2) is 59.5 Å². The van der Waals surface area contributed by atoms with Gasteiger partial charge in [-0.05, 0) is 42.2 Å². The Kier molecular flexibility index (Phi) is 6.33. The molecule has 1 amide bonds. The summed E-state index contributed by atoms with van der Waals surface area (Å²) in [6.07, 6.45) is 0.591. The number of hydrogen-bond donors (Lipinski definition) is 2. The minimum atomic E-state index is -3.43. The Morgan fingerprint density at radius 2 is 1.76 bits per heavy atom. The van der Waals surface area contributed by atoms with Crippen molar-refractivity contribution in [2.45, 2.75) is 37.0 Å². The summed E-state index contributed by atoms with van der Waals surface area (Å²) in [5.74, 6) is -0.0708. The molecule has 0 aliphatic rings. The number of nitrogens with two attached hydrogens (primary N) is 1. The molecule has 1 atom stereocenters. The average Bonchev–Trinajstić information content (AvgIpc) is 2.55. The Labute approximate surface area is 149 Å². The second-order valence-corrected chi connectivity index (χ2v) is 8.49. The molecule has 0 fully saturated rings. The van der Waals surface area contributed by atoms with Gasteiger partial charge in [-0.15, -0.1) is 0 Å². The van der Waals surface area contributed by atoms with Crippen LogP contribution < -0.4 is 11.1 Å². The van der Waals surface area contributed by atoms with Crippen molar-refractivity contribution in [3.8, 4) is 0 Å². The monoisotopic (exact) mass is 360 g/mol. The molecule has 2 aromatic rings. The molecule has 0 saturated heterocycles. The average molecular weight is 360 g/mol. The highest BCUT2D eigenvalue weighted by molar-refractivity contribution is 7.90. The first kappa shape index (κ1) is 19.1. The summed E-state index contributed by atoms with van der Waals surface area (Å²) in [6.45, 7) is 4.00. The van der Waals surface area contributed by atoms with Gasteiger partial charge in [0.2, 0.25) is 5.91 Å². The normalized spacial score (nSPS) is 12.8. The van der Waals surface area contributed by atoms with Crippen LogP contribution >= 0.6 is 0 Å². The van der Waals surface area contributed by atoms with Crippen LogP contribution in [0.1, 0.15) is 25.8 Å². The van der Waals surface area contributed by atoms with Gasteiger partial charge >= 0.3 is 0 Å². The van der Waals surface area contributed by atoms with Gasteiger partial charge in [0, 0.05) is 5.69 Å². The maximum atomic E-state index is 12.5. The molecule has 0 aliphatic carbocycles. The lowest BCUT2D eigenvalue weighted by atomic mass is 10.0. The van der Waals surface area contributed by atoms with Gasteiger partial charge in [-0.2, -0.15) is 0 Å². The minimum absolute atomic E-state index is 0.126. The van der Waals surface area contributed by atoms with E-state index in [0.717, 1.165) is 0 Å². The van der Waals surface area contributed by atoms with Crippen LogP contribution in [0.25, 0.3) is 0 Å². The first-order valence-electron chi connectivity index (χ1n) is 8.21. The van der Waals surface area contributed by atoms with Crippen molar-refractivity contribution in [3.63, 3.8) is 0 Å². The van der Waals surface area contributed by atoms with Gasteiger partial charge in [0.25, 0.3) is 0 Å². The quantitative estimate of drug-likeness (QED) is 0.794. The van der Waals surface area contributed by atoms with E-state index in [1.165, 1.54) is 0 Å². The molecule has 0 unspecified atom stereocenters. The fourth-order valence-electron chi connectivity index (χ4n) is 2.52. The number of hydrogen-bond acceptors (Lipinski definition) is 4. The predicted molar refractivity (Wildman–Crippen MR) is 99.8 cm³/mol. The molecule has 0 aromatic heterocycles. The number of nitrogens with one attached hydrogen (secondary N) is 1. The van der Waals surface area contributed by atoms with E-state index in [4.69, 9.17) is 5.73 Å². The highest BCUT2D eigenvalue weighted by Gasteiger charge is 2.17. The van der Waals surface area contributed by atoms with Gasteiger partial charge in [-0.3, -0.25) is 4.79 Å². The van der Waals surface area contributed by atoms with E-state index in [1.807, 2.05) is 13.8 Å². The van der Waals surface area contributed by atoms with E-state index in [0.29, 0.717) is 23.6 Å². The Balaban J connectivity index is 2.10. The summed E-state index contributed by atoms with van der Waals surface area (Å²) in [5.41, 5.74) is 7.03. The van der Waals surface area contributed by atoms with Crippen molar-refractivity contribution >= 4 is 21.4 Å². The third-order valence-corrected chi connectivity index (χ3v) is 5.42. The second kappa shape index (κ2) is 8.27. The van der Waals surface area contributed by atoms with Crippen molar-refractivity contribution in [2.75, 3.05) is 5.32 Å². The molecule has 0 radical (unpaired) electrons. The van der Waals surface area contributed by atoms with Crippen molar-refractivity contribution < 1.29 is 13.2 Å². The van der Waals surface area contributed by atoms with Crippen LogP contribution in [-0.4, -0.2) is 20.4 Å². The maximum Gasteiger partial charge on any atom is 0.241 e. The number of sulfone groups is 1. The highest BCUT2D eigenvalue weighted by Crippen LogP contribution is 2.19. The summed E-state index contributed by atoms with van der Waals surface area (Å²) < 4.78 is 24.9. The maximum absolute atomic E-state index is 12.5. The molecule has 0 heterocycles. The third-order valence-electron chi connectivity index (χ3n) is 3.72. The van der Waals surface area contributed by atoms with Crippen LogP contribution in [0.5, 0.6) is 0 Å². The molecule has 0 spiro atoms. The number of carbonyl (C=O) groups is 1. The fraction of sp³-hybridized carbons (Fsp3) is 0.316. The Morgan fingerprint density at radius 1 is 1.08 bits per heavy atom. The van der Waals surface area contributed by atoms with Crippen LogP contribution in [0.4, 0.5) is 5.69 Å². The molecule has 5 nitrogen and oxygen atoms in total. The summed E-state index contributed by atoms with van der Waals surface area (Å²) in [6, 6.07) is 14.6. The van der Waals surface area contributed by atoms with E-state index < -0.39 is 15.9 Å². The minimum Gasteiger partial charge on any atom is -0.325 e. The Bertz CT molecular complexity index is 818. The summed E-state index contributed by atoms with van der Waals surface area (Å²) in [7, 11) is -3.43. The van der Waals surface area contributed by atoms with E-state index in [9.17, 15) is 13.2 Å². The first-order valence-corrected chi connectivity index (χ1v) is 9.86. The zero-order valence-corrected chi connectivity index (χ0v) is 15.3. The standard InChI is InChI=1S/C19H24N2O3S/c1-14(2)11-18(20)19(22)21-16-8-6-7-15(12-16)13-25(23,24)17-9-4-3-5-10-17/h3-10,12,14,18H,11,13,20H2,1-2H3,(H,21,22)/t18-/m0/s1. The van der Waals surface area contributed by atoms with Gasteiger partial charge in [0.05, 0.1) is 16.7 Å². The molecule has 2 rings (SSSR count). The van der Waals surface area contributed by atoms with E-state index >= 15 is 0 Å². The molecule has 0 saturated carbocycles. The molecular formula is C19H24N2O3S. The summed E-state index contributed by atoms with van der Waals surface area (Å²) in [5, 5.41) is 2.75. The van der Waals surface area contributed by atoms with Crippen LogP contribution in [0, 0.1) is 5.92 Å². The Morgan fingerprint density at radius 3 is 2.40 bits per heavy atom. The van der Waals surface area contributed by atoms with E-state index in [-0.39, 0.29) is 16.6 Å². The van der Waals surface area contributed by atoms with Crippen LogP contribution in [0.3, 0.4) is 0 Å². The van der Waals surface area contributed by atoms with Crippen molar-refractivity contribution in [3.05, 3.63) is 60.2 Å². The molecule has 0 aliphatic heterocycles. The largest absolute Gasteiger partial charge is 0.325 e. The van der Waals surface area contributed by atoms with E-state index in [2.05, 4.69) is 5.32 Å². The van der Waals surface area contributed by atoms with E-state index in [1.54, 1.807) is 54.6 Å². The Hall–Kier alpha value is -2.18. The van der Waals surface area contributed by atoms with Crippen molar-refractivity contribution in [1.29, 1.82) is 0 Å². The van der Waals surface area contributed by atoms with Gasteiger partial charge < -0.3 is 11.1 Å². The smallest absolute Gasteiger partial charge is 0.241 e. The molecule has 134 valence electrons. The molecule has 25 heavy (non-hydrogen) atoms. The molecule has 6 heteroatoms. The van der Waals surface area contributed by atoms with Crippen molar-refractivity contribution in [2.24, 2.45) is 11.7 Å². The van der Waals surface area contributed by atoms with Gasteiger partial charge in [0.1, 0.15) is 0 Å². The number of benzene rings is 2. The lowest BCUT2D eigenvalue weighted by molar-refractivity contribution is -0.117. The number of anilines is 1. The van der Waals surface area contributed by atoms with Gasteiger partial charge in [-0.25, -0.2) is 8.42 Å².